The zero-order chi connectivity index (χ0) is 19.3. The Hall–Kier alpha value is -3.33. The molecule has 0 radical (unpaired) electrons. The van der Waals surface area contributed by atoms with Crippen molar-refractivity contribution >= 4 is 16.8 Å². The summed E-state index contributed by atoms with van der Waals surface area (Å²) in [7, 11) is 0. The van der Waals surface area contributed by atoms with Crippen molar-refractivity contribution in [3.05, 3.63) is 65.4 Å². The van der Waals surface area contributed by atoms with Gasteiger partial charge in [-0.2, -0.15) is 10.4 Å². The van der Waals surface area contributed by atoms with E-state index in [1.54, 1.807) is 4.90 Å². The highest BCUT2D eigenvalue weighted by molar-refractivity contribution is 5.86. The molecule has 28 heavy (non-hydrogen) atoms. The van der Waals surface area contributed by atoms with E-state index in [0.717, 1.165) is 40.4 Å². The van der Waals surface area contributed by atoms with Crippen molar-refractivity contribution in [3.63, 3.8) is 0 Å². The molecule has 2 unspecified atom stereocenters. The molecule has 1 aromatic heterocycles. The molecule has 6 nitrogen and oxygen atoms in total. The minimum atomic E-state index is -0.581. The highest BCUT2D eigenvalue weighted by atomic mass is 16.2. The number of likely N-dealkylation sites (tertiary alicyclic amines) is 1. The van der Waals surface area contributed by atoms with Gasteiger partial charge in [0, 0.05) is 18.5 Å². The van der Waals surface area contributed by atoms with Gasteiger partial charge in [0.15, 0.2) is 6.19 Å². The number of aromatic amines is 1. The fraction of sp³-hybridized carbons (Fsp3) is 0.318. The van der Waals surface area contributed by atoms with Crippen molar-refractivity contribution in [2.75, 3.05) is 6.54 Å². The average molecular weight is 371 g/mol. The van der Waals surface area contributed by atoms with Gasteiger partial charge in [-0.25, -0.2) is 0 Å². The molecular formula is C22H21N5O. The number of fused-ring (bicyclic) bond motifs is 2. The van der Waals surface area contributed by atoms with E-state index in [2.05, 4.69) is 47.6 Å². The molecule has 3 heterocycles. The molecule has 5 rings (SSSR count). The minimum absolute atomic E-state index is 0.0324. The van der Waals surface area contributed by atoms with Crippen molar-refractivity contribution in [1.29, 1.82) is 5.26 Å². The lowest BCUT2D eigenvalue weighted by atomic mass is 9.83. The molecule has 1 amide bonds. The van der Waals surface area contributed by atoms with Gasteiger partial charge < -0.3 is 4.90 Å². The van der Waals surface area contributed by atoms with Gasteiger partial charge in [0.05, 0.1) is 17.3 Å². The molecule has 0 bridgehead atoms. The van der Waals surface area contributed by atoms with Gasteiger partial charge in [-0.05, 0) is 48.6 Å². The molecule has 6 heteroatoms. The molecule has 2 atom stereocenters. The standard InChI is InChI=1S/C22H21N5O/c1-22(17-8-9-19-16(11-17)12-24-25-19)18-6-3-2-5-15(18)13-27(22)21(28)20-7-4-10-26(20)14-23/h2-3,5-6,8-9,11-12,20H,4,7,10,13H2,1H3,(H,24,25). The molecule has 140 valence electrons. The first-order chi connectivity index (χ1) is 13.6. The van der Waals surface area contributed by atoms with E-state index in [4.69, 9.17) is 0 Å². The number of amides is 1. The number of H-pyrrole nitrogens is 1. The number of carbonyl (C=O) groups excluding carboxylic acids is 1. The van der Waals surface area contributed by atoms with Crippen molar-refractivity contribution in [2.24, 2.45) is 0 Å². The third kappa shape index (κ3) is 2.26. The molecular weight excluding hydrogens is 350 g/mol. The van der Waals surface area contributed by atoms with Crippen LogP contribution in [0.4, 0.5) is 0 Å². The Morgan fingerprint density at radius 1 is 1.32 bits per heavy atom. The van der Waals surface area contributed by atoms with Crippen LogP contribution in [0, 0.1) is 11.5 Å². The highest BCUT2D eigenvalue weighted by Crippen LogP contribution is 2.45. The SMILES string of the molecule is CC1(c2ccc3[nH]ncc3c2)c2ccccc2CN1C(=O)C1CCCN1C#N. The molecule has 2 aliphatic rings. The number of benzene rings is 2. The largest absolute Gasteiger partial charge is 0.323 e. The van der Waals surface area contributed by atoms with Crippen LogP contribution in [-0.4, -0.2) is 38.5 Å². The van der Waals surface area contributed by atoms with Crippen LogP contribution < -0.4 is 0 Å². The Bertz CT molecular complexity index is 1110. The second-order valence-electron chi connectivity index (χ2n) is 7.78. The van der Waals surface area contributed by atoms with Gasteiger partial charge in [0.1, 0.15) is 6.04 Å². The number of rotatable bonds is 2. The van der Waals surface area contributed by atoms with Gasteiger partial charge in [-0.3, -0.25) is 14.8 Å². The van der Waals surface area contributed by atoms with Gasteiger partial charge in [0.25, 0.3) is 0 Å². The Morgan fingerprint density at radius 2 is 2.18 bits per heavy atom. The summed E-state index contributed by atoms with van der Waals surface area (Å²) in [4.78, 5) is 17.2. The van der Waals surface area contributed by atoms with E-state index in [1.165, 1.54) is 0 Å². The van der Waals surface area contributed by atoms with Crippen LogP contribution in [0.3, 0.4) is 0 Å². The van der Waals surface area contributed by atoms with Gasteiger partial charge in [-0.15, -0.1) is 0 Å². The predicted octanol–water partition coefficient (Wildman–Crippen LogP) is 3.11. The van der Waals surface area contributed by atoms with Crippen molar-refractivity contribution in [1.82, 2.24) is 20.0 Å². The fourth-order valence-electron chi connectivity index (χ4n) is 4.79. The zero-order valence-electron chi connectivity index (χ0n) is 15.7. The second-order valence-corrected chi connectivity index (χ2v) is 7.78. The summed E-state index contributed by atoms with van der Waals surface area (Å²) >= 11 is 0. The average Bonchev–Trinajstić information content (AvgIpc) is 3.45. The maximum Gasteiger partial charge on any atom is 0.247 e. The summed E-state index contributed by atoms with van der Waals surface area (Å²) in [5, 5.41) is 17.6. The van der Waals surface area contributed by atoms with Crippen molar-refractivity contribution in [3.8, 4) is 6.19 Å². The summed E-state index contributed by atoms with van der Waals surface area (Å²) in [6, 6.07) is 14.1. The lowest BCUT2D eigenvalue weighted by Gasteiger charge is -2.39. The number of nitriles is 1. The number of carbonyl (C=O) groups is 1. The van der Waals surface area contributed by atoms with E-state index in [-0.39, 0.29) is 11.9 Å². The summed E-state index contributed by atoms with van der Waals surface area (Å²) < 4.78 is 0. The first kappa shape index (κ1) is 16.8. The third-order valence-electron chi connectivity index (χ3n) is 6.34. The first-order valence-corrected chi connectivity index (χ1v) is 9.63. The number of hydrogen-bond acceptors (Lipinski definition) is 4. The summed E-state index contributed by atoms with van der Waals surface area (Å²) in [5.74, 6) is 0.0324. The smallest absolute Gasteiger partial charge is 0.247 e. The lowest BCUT2D eigenvalue weighted by Crippen LogP contribution is -2.50. The van der Waals surface area contributed by atoms with Crippen molar-refractivity contribution < 1.29 is 4.79 Å². The second kappa shape index (κ2) is 6.10. The van der Waals surface area contributed by atoms with Crippen LogP contribution in [0.2, 0.25) is 0 Å². The van der Waals surface area contributed by atoms with Gasteiger partial charge in [-0.1, -0.05) is 30.3 Å². The molecule has 2 aliphatic heterocycles. The van der Waals surface area contributed by atoms with Crippen LogP contribution in [0.1, 0.15) is 36.5 Å². The van der Waals surface area contributed by atoms with E-state index in [0.29, 0.717) is 13.1 Å². The molecule has 0 aliphatic carbocycles. The molecule has 1 fully saturated rings. The lowest BCUT2D eigenvalue weighted by molar-refractivity contribution is -0.139. The number of nitrogens with one attached hydrogen (secondary N) is 1. The normalized spacial score (nSPS) is 23.8. The topological polar surface area (TPSA) is 76.0 Å². The number of aromatic nitrogens is 2. The fourth-order valence-corrected chi connectivity index (χ4v) is 4.79. The highest BCUT2D eigenvalue weighted by Gasteiger charge is 2.48. The van der Waals surface area contributed by atoms with Gasteiger partial charge >= 0.3 is 0 Å². The maximum absolute atomic E-state index is 13.6. The number of hydrogen-bond donors (Lipinski definition) is 1. The summed E-state index contributed by atoms with van der Waals surface area (Å²) in [6.07, 6.45) is 5.62. The van der Waals surface area contributed by atoms with Crippen LogP contribution >= 0.6 is 0 Å². The van der Waals surface area contributed by atoms with E-state index < -0.39 is 5.54 Å². The number of nitrogens with zero attached hydrogens (tertiary/aromatic N) is 4. The molecule has 2 aromatic carbocycles. The quantitative estimate of drug-likeness (QED) is 0.702. The van der Waals surface area contributed by atoms with Crippen LogP contribution in [0.25, 0.3) is 10.9 Å². The van der Waals surface area contributed by atoms with Crippen molar-refractivity contribution in [2.45, 2.75) is 37.9 Å². The van der Waals surface area contributed by atoms with Gasteiger partial charge in [0.2, 0.25) is 5.91 Å². The van der Waals surface area contributed by atoms with Crippen LogP contribution in [0.5, 0.6) is 0 Å². The monoisotopic (exact) mass is 371 g/mol. The molecule has 1 N–H and O–H groups in total. The Labute approximate surface area is 163 Å². The Morgan fingerprint density at radius 3 is 3.04 bits per heavy atom. The Kier molecular flexibility index (Phi) is 3.66. The predicted molar refractivity (Wildman–Crippen MR) is 105 cm³/mol. The summed E-state index contributed by atoms with van der Waals surface area (Å²) in [6.45, 7) is 3.33. The van der Waals surface area contributed by atoms with E-state index in [1.807, 2.05) is 29.3 Å². The zero-order valence-corrected chi connectivity index (χ0v) is 15.7. The van der Waals surface area contributed by atoms with Crippen LogP contribution in [-0.2, 0) is 16.9 Å². The maximum atomic E-state index is 13.6. The van der Waals surface area contributed by atoms with E-state index >= 15 is 0 Å². The van der Waals surface area contributed by atoms with E-state index in [9.17, 15) is 10.1 Å². The van der Waals surface area contributed by atoms with Crippen LogP contribution in [0.15, 0.2) is 48.7 Å². The molecule has 0 spiro atoms. The molecule has 0 saturated carbocycles. The first-order valence-electron chi connectivity index (χ1n) is 9.63. The minimum Gasteiger partial charge on any atom is -0.323 e. The summed E-state index contributed by atoms with van der Waals surface area (Å²) in [5.41, 5.74) is 3.76. The molecule has 1 saturated heterocycles. The Balaban J connectivity index is 1.64. The third-order valence-corrected chi connectivity index (χ3v) is 6.34. The molecule has 3 aromatic rings.